The van der Waals surface area contributed by atoms with Crippen LogP contribution < -0.4 is 10.6 Å². The van der Waals surface area contributed by atoms with Gasteiger partial charge in [0.05, 0.1) is 6.61 Å². The molecule has 0 aromatic heterocycles. The highest BCUT2D eigenvalue weighted by atomic mass is 19.1. The van der Waals surface area contributed by atoms with Crippen LogP contribution in [0.15, 0.2) is 48.5 Å². The van der Waals surface area contributed by atoms with Gasteiger partial charge < -0.3 is 15.7 Å². The van der Waals surface area contributed by atoms with Crippen LogP contribution in [0.2, 0.25) is 0 Å². The Kier molecular flexibility index (Phi) is 4.10. The third-order valence-electron chi connectivity index (χ3n) is 2.47. The quantitative estimate of drug-likeness (QED) is 0.794. The fourth-order valence-electron chi connectivity index (χ4n) is 1.57. The lowest BCUT2D eigenvalue weighted by Crippen LogP contribution is -2.19. The van der Waals surface area contributed by atoms with Gasteiger partial charge in [-0.05, 0) is 42.0 Å². The Hall–Kier alpha value is -2.40. The number of amides is 2. The molecule has 0 spiro atoms. The number of hydrogen-bond acceptors (Lipinski definition) is 2. The van der Waals surface area contributed by atoms with Gasteiger partial charge in [-0.15, -0.1) is 0 Å². The second kappa shape index (κ2) is 5.97. The fourth-order valence-corrected chi connectivity index (χ4v) is 1.57. The molecule has 4 nitrogen and oxygen atoms in total. The van der Waals surface area contributed by atoms with Crippen LogP contribution in [0, 0.1) is 5.82 Å². The minimum atomic E-state index is -0.429. The van der Waals surface area contributed by atoms with E-state index < -0.39 is 6.03 Å². The van der Waals surface area contributed by atoms with Crippen molar-refractivity contribution in [2.24, 2.45) is 0 Å². The van der Waals surface area contributed by atoms with Gasteiger partial charge in [0.25, 0.3) is 0 Å². The molecule has 0 atom stereocenters. The van der Waals surface area contributed by atoms with Crippen molar-refractivity contribution in [1.82, 2.24) is 0 Å². The number of aliphatic hydroxyl groups is 1. The van der Waals surface area contributed by atoms with E-state index in [0.717, 1.165) is 0 Å². The molecule has 0 unspecified atom stereocenters. The zero-order valence-corrected chi connectivity index (χ0v) is 10.1. The largest absolute Gasteiger partial charge is 0.392 e. The predicted octanol–water partition coefficient (Wildman–Crippen LogP) is 2.96. The van der Waals surface area contributed by atoms with Crippen molar-refractivity contribution in [3.05, 3.63) is 59.9 Å². The first-order valence-corrected chi connectivity index (χ1v) is 5.71. The summed E-state index contributed by atoms with van der Waals surface area (Å²) in [4.78, 5) is 11.7. The number of hydrogen-bond donors (Lipinski definition) is 3. The van der Waals surface area contributed by atoms with E-state index in [1.54, 1.807) is 24.3 Å². The van der Waals surface area contributed by atoms with Crippen LogP contribution in [0.5, 0.6) is 0 Å². The van der Waals surface area contributed by atoms with Crippen LogP contribution in [0.1, 0.15) is 5.56 Å². The molecular formula is C14H13FN2O2. The molecule has 2 aromatic rings. The number of carbonyl (C=O) groups is 1. The first-order valence-electron chi connectivity index (χ1n) is 5.71. The summed E-state index contributed by atoms with van der Waals surface area (Å²) in [6.07, 6.45) is 0. The van der Waals surface area contributed by atoms with Gasteiger partial charge in [0.1, 0.15) is 5.82 Å². The lowest BCUT2D eigenvalue weighted by molar-refractivity contribution is 0.262. The van der Waals surface area contributed by atoms with Crippen molar-refractivity contribution in [2.75, 3.05) is 10.6 Å². The van der Waals surface area contributed by atoms with Crippen molar-refractivity contribution >= 4 is 17.4 Å². The molecule has 19 heavy (non-hydrogen) atoms. The SMILES string of the molecule is O=C(Nc1ccc(F)cc1)Nc1cccc(CO)c1. The molecule has 98 valence electrons. The number of urea groups is 1. The molecule has 0 aliphatic carbocycles. The van der Waals surface area contributed by atoms with Crippen molar-refractivity contribution in [3.63, 3.8) is 0 Å². The average Bonchev–Trinajstić information content (AvgIpc) is 2.41. The van der Waals surface area contributed by atoms with Gasteiger partial charge in [-0.2, -0.15) is 0 Å². The third kappa shape index (κ3) is 3.79. The van der Waals surface area contributed by atoms with Crippen molar-refractivity contribution in [1.29, 1.82) is 0 Å². The molecule has 0 aliphatic rings. The van der Waals surface area contributed by atoms with Crippen LogP contribution in [-0.2, 0) is 6.61 Å². The van der Waals surface area contributed by atoms with Crippen LogP contribution in [0.3, 0.4) is 0 Å². The summed E-state index contributed by atoms with van der Waals surface area (Å²) in [6, 6.07) is 11.9. The average molecular weight is 260 g/mol. The van der Waals surface area contributed by atoms with E-state index in [2.05, 4.69) is 10.6 Å². The standard InChI is InChI=1S/C14H13FN2O2/c15-11-4-6-12(7-5-11)16-14(19)17-13-3-1-2-10(8-13)9-18/h1-8,18H,9H2,(H2,16,17,19). The lowest BCUT2D eigenvalue weighted by atomic mass is 10.2. The minimum absolute atomic E-state index is 0.0882. The molecule has 0 saturated heterocycles. The summed E-state index contributed by atoms with van der Waals surface area (Å²) in [6.45, 7) is -0.0882. The van der Waals surface area contributed by atoms with E-state index in [9.17, 15) is 9.18 Å². The van der Waals surface area contributed by atoms with E-state index in [1.807, 2.05) is 0 Å². The maximum atomic E-state index is 12.7. The Morgan fingerprint density at radius 3 is 2.42 bits per heavy atom. The van der Waals surface area contributed by atoms with Crippen LogP contribution >= 0.6 is 0 Å². The van der Waals surface area contributed by atoms with E-state index in [0.29, 0.717) is 16.9 Å². The molecule has 3 N–H and O–H groups in total. The molecule has 2 rings (SSSR count). The van der Waals surface area contributed by atoms with E-state index in [4.69, 9.17) is 5.11 Å². The number of carbonyl (C=O) groups excluding carboxylic acids is 1. The smallest absolute Gasteiger partial charge is 0.323 e. The number of anilines is 2. The van der Waals surface area contributed by atoms with Gasteiger partial charge >= 0.3 is 6.03 Å². The molecule has 2 amide bonds. The molecule has 0 fully saturated rings. The molecule has 0 heterocycles. The minimum Gasteiger partial charge on any atom is -0.392 e. The molecule has 2 aromatic carbocycles. The second-order valence-electron chi connectivity index (χ2n) is 3.94. The number of nitrogens with one attached hydrogen (secondary N) is 2. The summed E-state index contributed by atoms with van der Waals surface area (Å²) in [5.74, 6) is -0.360. The van der Waals surface area contributed by atoms with Gasteiger partial charge in [0.15, 0.2) is 0 Å². The lowest BCUT2D eigenvalue weighted by Gasteiger charge is -2.08. The summed E-state index contributed by atoms with van der Waals surface area (Å²) in [7, 11) is 0. The Morgan fingerprint density at radius 2 is 1.74 bits per heavy atom. The maximum absolute atomic E-state index is 12.7. The first kappa shape index (κ1) is 13.0. The fraction of sp³-hybridized carbons (Fsp3) is 0.0714. The van der Waals surface area contributed by atoms with Crippen LogP contribution in [-0.4, -0.2) is 11.1 Å². The Bertz CT molecular complexity index is 570. The van der Waals surface area contributed by atoms with E-state index >= 15 is 0 Å². The van der Waals surface area contributed by atoms with Gasteiger partial charge in [-0.1, -0.05) is 12.1 Å². The number of benzene rings is 2. The summed E-state index contributed by atoms with van der Waals surface area (Å²) in [5.41, 5.74) is 1.78. The van der Waals surface area contributed by atoms with Gasteiger partial charge in [0.2, 0.25) is 0 Å². The van der Waals surface area contributed by atoms with Crippen molar-refractivity contribution in [2.45, 2.75) is 6.61 Å². The van der Waals surface area contributed by atoms with Crippen molar-refractivity contribution in [3.8, 4) is 0 Å². The zero-order valence-electron chi connectivity index (χ0n) is 10.1. The molecule has 0 radical (unpaired) electrons. The topological polar surface area (TPSA) is 61.4 Å². The van der Waals surface area contributed by atoms with E-state index in [1.165, 1.54) is 24.3 Å². The normalized spacial score (nSPS) is 10.0. The Morgan fingerprint density at radius 1 is 1.05 bits per heavy atom. The number of halogens is 1. The molecular weight excluding hydrogens is 247 g/mol. The van der Waals surface area contributed by atoms with Crippen LogP contribution in [0.25, 0.3) is 0 Å². The molecule has 0 saturated carbocycles. The number of aliphatic hydroxyl groups excluding tert-OH is 1. The monoisotopic (exact) mass is 260 g/mol. The van der Waals surface area contributed by atoms with E-state index in [-0.39, 0.29) is 12.4 Å². The van der Waals surface area contributed by atoms with Crippen LogP contribution in [0.4, 0.5) is 20.6 Å². The highest BCUT2D eigenvalue weighted by Crippen LogP contribution is 2.12. The highest BCUT2D eigenvalue weighted by Gasteiger charge is 2.03. The molecule has 0 aliphatic heterocycles. The first-order chi connectivity index (χ1) is 9.17. The zero-order chi connectivity index (χ0) is 13.7. The van der Waals surface area contributed by atoms with Gasteiger partial charge in [-0.25, -0.2) is 9.18 Å². The van der Waals surface area contributed by atoms with Gasteiger partial charge in [-0.3, -0.25) is 0 Å². The number of rotatable bonds is 3. The molecule has 0 bridgehead atoms. The van der Waals surface area contributed by atoms with Gasteiger partial charge in [0, 0.05) is 11.4 Å². The predicted molar refractivity (Wildman–Crippen MR) is 71.4 cm³/mol. The third-order valence-corrected chi connectivity index (χ3v) is 2.47. The molecule has 5 heteroatoms. The second-order valence-corrected chi connectivity index (χ2v) is 3.94. The Balaban J connectivity index is 1.99. The van der Waals surface area contributed by atoms with Crippen molar-refractivity contribution < 1.29 is 14.3 Å². The maximum Gasteiger partial charge on any atom is 0.323 e. The highest BCUT2D eigenvalue weighted by molar-refractivity contribution is 5.99. The summed E-state index contributed by atoms with van der Waals surface area (Å²) in [5, 5.41) is 14.2. The Labute approximate surface area is 109 Å². The summed E-state index contributed by atoms with van der Waals surface area (Å²) < 4.78 is 12.7. The summed E-state index contributed by atoms with van der Waals surface area (Å²) >= 11 is 0.